The van der Waals surface area contributed by atoms with E-state index in [0.29, 0.717) is 5.54 Å². The molecule has 0 saturated carbocycles. The van der Waals surface area contributed by atoms with Gasteiger partial charge >= 0.3 is 0 Å². The standard InChI is InChI=1S/C17H37N.BrH.H2O/c1-5-9-13-16(12-8-4)17(18,14-10-6-2)15-11-7-3;;/h16H,5-15,18H2,1-4H3;1H;1H2. The van der Waals surface area contributed by atoms with Gasteiger partial charge in [0.25, 0.3) is 0 Å². The third kappa shape index (κ3) is 10.2. The zero-order chi connectivity index (χ0) is 13.9. The second-order valence-electron chi connectivity index (χ2n) is 6.20. The highest BCUT2D eigenvalue weighted by Gasteiger charge is 2.36. The fraction of sp³-hybridized carbons (Fsp3) is 1.00. The minimum absolute atomic E-state index is 0. The van der Waals surface area contributed by atoms with E-state index >= 15 is 0 Å². The van der Waals surface area contributed by atoms with Crippen LogP contribution in [-0.2, 0) is 0 Å². The maximum Gasteiger partial charge on any atom is 0.0974 e. The van der Waals surface area contributed by atoms with E-state index in [1.165, 1.54) is 70.6 Å². The number of rotatable bonds is 12. The minimum atomic E-state index is 0. The lowest BCUT2D eigenvalue weighted by Crippen LogP contribution is -3.00. The van der Waals surface area contributed by atoms with Crippen molar-refractivity contribution in [3.63, 3.8) is 0 Å². The maximum atomic E-state index is 4.72. The first-order chi connectivity index (χ1) is 8.64. The minimum Gasteiger partial charge on any atom is -1.00 e. The highest BCUT2D eigenvalue weighted by molar-refractivity contribution is 4.84. The predicted molar refractivity (Wildman–Crippen MR) is 86.2 cm³/mol. The first-order valence-electron chi connectivity index (χ1n) is 8.49. The first-order valence-corrected chi connectivity index (χ1v) is 8.49. The molecule has 5 N–H and O–H groups in total. The van der Waals surface area contributed by atoms with Crippen molar-refractivity contribution < 1.29 is 28.2 Å². The molecule has 0 radical (unpaired) electrons. The highest BCUT2D eigenvalue weighted by atomic mass is 79.9. The van der Waals surface area contributed by atoms with Crippen molar-refractivity contribution in [1.29, 1.82) is 0 Å². The van der Waals surface area contributed by atoms with Gasteiger partial charge in [-0.15, -0.1) is 0 Å². The van der Waals surface area contributed by atoms with Gasteiger partial charge in [-0.25, -0.2) is 0 Å². The van der Waals surface area contributed by atoms with Crippen molar-refractivity contribution in [2.75, 3.05) is 0 Å². The molecule has 0 aromatic rings. The van der Waals surface area contributed by atoms with E-state index in [-0.39, 0.29) is 22.5 Å². The van der Waals surface area contributed by atoms with Crippen LogP contribution in [0.15, 0.2) is 0 Å². The van der Waals surface area contributed by atoms with Crippen LogP contribution in [0.5, 0.6) is 0 Å². The van der Waals surface area contributed by atoms with Crippen molar-refractivity contribution in [2.45, 2.75) is 104 Å². The summed E-state index contributed by atoms with van der Waals surface area (Å²) in [5.41, 5.74) is 5.09. The van der Waals surface area contributed by atoms with Crippen molar-refractivity contribution in [1.82, 2.24) is 0 Å². The van der Waals surface area contributed by atoms with E-state index in [0.717, 1.165) is 5.92 Å². The third-order valence-electron chi connectivity index (χ3n) is 4.47. The van der Waals surface area contributed by atoms with Gasteiger partial charge in [0.1, 0.15) is 0 Å². The van der Waals surface area contributed by atoms with Crippen molar-refractivity contribution >= 4 is 0 Å². The molecule has 0 amide bonds. The van der Waals surface area contributed by atoms with Gasteiger partial charge < -0.3 is 28.2 Å². The number of quaternary nitrogens is 1. The van der Waals surface area contributed by atoms with Crippen molar-refractivity contribution in [2.24, 2.45) is 5.92 Å². The molecule has 0 spiro atoms. The maximum absolute atomic E-state index is 4.72. The lowest BCUT2D eigenvalue weighted by molar-refractivity contribution is -0.498. The molecule has 0 aliphatic rings. The molecule has 2 nitrogen and oxygen atoms in total. The molecule has 1 atom stereocenters. The molecule has 0 heterocycles. The lowest BCUT2D eigenvalue weighted by Gasteiger charge is -2.35. The van der Waals surface area contributed by atoms with Gasteiger partial charge in [0.15, 0.2) is 0 Å². The second kappa shape index (κ2) is 15.8. The van der Waals surface area contributed by atoms with Gasteiger partial charge in [0, 0.05) is 18.8 Å². The van der Waals surface area contributed by atoms with E-state index in [1.807, 2.05) is 0 Å². The molecule has 1 unspecified atom stereocenters. The molecule has 0 fully saturated rings. The average molecular weight is 354 g/mol. The van der Waals surface area contributed by atoms with Gasteiger partial charge in [-0.1, -0.05) is 59.8 Å². The quantitative estimate of drug-likeness (QED) is 0.546. The molecule has 0 aromatic carbocycles. The van der Waals surface area contributed by atoms with Crippen LogP contribution in [0.3, 0.4) is 0 Å². The fourth-order valence-electron chi connectivity index (χ4n) is 3.15. The number of halogens is 1. The summed E-state index contributed by atoms with van der Waals surface area (Å²) >= 11 is 0. The molecule has 0 saturated heterocycles. The van der Waals surface area contributed by atoms with Gasteiger partial charge in [0.05, 0.1) is 5.54 Å². The summed E-state index contributed by atoms with van der Waals surface area (Å²) in [6.07, 6.45) is 14.9. The van der Waals surface area contributed by atoms with Crippen LogP contribution in [0.4, 0.5) is 0 Å². The molecular formula is C17H40BrNO. The molecule has 3 heteroatoms. The summed E-state index contributed by atoms with van der Waals surface area (Å²) in [5, 5.41) is 0. The van der Waals surface area contributed by atoms with Crippen LogP contribution in [0, 0.1) is 5.92 Å². The second-order valence-corrected chi connectivity index (χ2v) is 6.20. The Bertz CT molecular complexity index is 180. The topological polar surface area (TPSA) is 59.1 Å². The van der Waals surface area contributed by atoms with Crippen LogP contribution < -0.4 is 22.7 Å². The van der Waals surface area contributed by atoms with Crippen molar-refractivity contribution in [3.8, 4) is 0 Å². The number of hydrogen-bond donors (Lipinski definition) is 1. The third-order valence-corrected chi connectivity index (χ3v) is 4.47. The Morgan fingerprint density at radius 2 is 1.20 bits per heavy atom. The molecule has 0 aliphatic carbocycles. The summed E-state index contributed by atoms with van der Waals surface area (Å²) < 4.78 is 0. The summed E-state index contributed by atoms with van der Waals surface area (Å²) in [6.45, 7) is 9.26. The highest BCUT2D eigenvalue weighted by Crippen LogP contribution is 2.32. The molecule has 0 aromatic heterocycles. The zero-order valence-corrected chi connectivity index (χ0v) is 16.0. The smallest absolute Gasteiger partial charge is 0.0974 e. The van der Waals surface area contributed by atoms with Gasteiger partial charge in [-0.05, 0) is 25.7 Å². The molecule has 20 heavy (non-hydrogen) atoms. The van der Waals surface area contributed by atoms with E-state index in [9.17, 15) is 0 Å². The summed E-state index contributed by atoms with van der Waals surface area (Å²) in [6, 6.07) is 0. The average Bonchev–Trinajstić information content (AvgIpc) is 2.38. The monoisotopic (exact) mass is 353 g/mol. The number of hydrogen-bond acceptors (Lipinski definition) is 0. The van der Waals surface area contributed by atoms with E-state index in [2.05, 4.69) is 27.7 Å². The van der Waals surface area contributed by atoms with E-state index in [1.54, 1.807) is 0 Å². The number of unbranched alkanes of at least 4 members (excludes halogenated alkanes) is 3. The molecular weight excluding hydrogens is 314 g/mol. The van der Waals surface area contributed by atoms with E-state index in [4.69, 9.17) is 5.73 Å². The Morgan fingerprint density at radius 1 is 0.750 bits per heavy atom. The van der Waals surface area contributed by atoms with Crippen LogP contribution in [0.2, 0.25) is 0 Å². The SMILES string of the molecule is CCCCC(CCC)C([NH3+])(CCCC)CCCC.O.[Br-]. The molecule has 0 rings (SSSR count). The Balaban J connectivity index is -0.00000144. The van der Waals surface area contributed by atoms with Crippen molar-refractivity contribution in [3.05, 3.63) is 0 Å². The largest absolute Gasteiger partial charge is 1.00 e. The summed E-state index contributed by atoms with van der Waals surface area (Å²) in [4.78, 5) is 0. The summed E-state index contributed by atoms with van der Waals surface area (Å²) in [5.74, 6) is 0.862. The van der Waals surface area contributed by atoms with Gasteiger partial charge in [-0.2, -0.15) is 0 Å². The van der Waals surface area contributed by atoms with Crippen LogP contribution >= 0.6 is 0 Å². The lowest BCUT2D eigenvalue weighted by atomic mass is 9.73. The Kier molecular flexibility index (Phi) is 20.0. The normalized spacial score (nSPS) is 12.4. The zero-order valence-electron chi connectivity index (χ0n) is 14.4. The predicted octanol–water partition coefficient (Wildman–Crippen LogP) is 1.13. The first kappa shape index (κ1) is 25.4. The van der Waals surface area contributed by atoms with Gasteiger partial charge in [-0.3, -0.25) is 0 Å². The molecule has 0 aliphatic heterocycles. The van der Waals surface area contributed by atoms with Crippen LogP contribution in [0.25, 0.3) is 0 Å². The van der Waals surface area contributed by atoms with Crippen LogP contribution in [0.1, 0.15) is 98.3 Å². The Morgan fingerprint density at radius 3 is 1.55 bits per heavy atom. The Hall–Kier alpha value is 0.400. The fourth-order valence-corrected chi connectivity index (χ4v) is 3.15. The summed E-state index contributed by atoms with van der Waals surface area (Å²) in [7, 11) is 0. The van der Waals surface area contributed by atoms with Crippen LogP contribution in [-0.4, -0.2) is 11.0 Å². The molecule has 126 valence electrons. The van der Waals surface area contributed by atoms with E-state index < -0.39 is 0 Å². The molecule has 0 bridgehead atoms. The van der Waals surface area contributed by atoms with Gasteiger partial charge in [0.2, 0.25) is 0 Å². The Labute approximate surface area is 138 Å².